The zero-order valence-corrected chi connectivity index (χ0v) is 14.0. The van der Waals surface area contributed by atoms with Gasteiger partial charge in [0.25, 0.3) is 0 Å². The summed E-state index contributed by atoms with van der Waals surface area (Å²) in [6, 6.07) is 5.49. The first-order valence-electron chi connectivity index (χ1n) is 6.97. The maximum atomic E-state index is 12.2. The fourth-order valence-electron chi connectivity index (χ4n) is 2.34. The minimum atomic E-state index is -0.0978. The van der Waals surface area contributed by atoms with E-state index in [2.05, 4.69) is 5.32 Å². The van der Waals surface area contributed by atoms with E-state index in [4.69, 9.17) is 16.3 Å². The SMILES string of the molecule is CSCc1cc(NC(=O)N(C)CC2CCOC2)ccc1Cl. The molecule has 0 spiro atoms. The summed E-state index contributed by atoms with van der Waals surface area (Å²) in [7, 11) is 1.81. The van der Waals surface area contributed by atoms with Gasteiger partial charge in [0.2, 0.25) is 0 Å². The molecule has 1 saturated heterocycles. The highest BCUT2D eigenvalue weighted by molar-refractivity contribution is 7.97. The third-order valence-corrected chi connectivity index (χ3v) is 4.47. The van der Waals surface area contributed by atoms with E-state index in [1.807, 2.05) is 31.5 Å². The number of carbonyl (C=O) groups excluding carboxylic acids is 1. The van der Waals surface area contributed by atoms with Crippen molar-refractivity contribution in [2.45, 2.75) is 12.2 Å². The number of urea groups is 1. The number of carbonyl (C=O) groups is 1. The van der Waals surface area contributed by atoms with Crippen molar-refractivity contribution in [3.8, 4) is 0 Å². The highest BCUT2D eigenvalue weighted by Gasteiger charge is 2.20. The molecule has 1 fully saturated rings. The Bertz CT molecular complexity index is 493. The van der Waals surface area contributed by atoms with Gasteiger partial charge in [-0.3, -0.25) is 0 Å². The van der Waals surface area contributed by atoms with Crippen LogP contribution in [0.1, 0.15) is 12.0 Å². The molecule has 0 aromatic heterocycles. The lowest BCUT2D eigenvalue weighted by Gasteiger charge is -2.21. The smallest absolute Gasteiger partial charge is 0.321 e. The Kier molecular flexibility index (Phi) is 6.21. The van der Waals surface area contributed by atoms with E-state index in [1.54, 1.807) is 16.7 Å². The first kappa shape index (κ1) is 16.5. The molecule has 4 nitrogen and oxygen atoms in total. The van der Waals surface area contributed by atoms with Crippen LogP contribution in [0.3, 0.4) is 0 Å². The van der Waals surface area contributed by atoms with Crippen LogP contribution in [0.4, 0.5) is 10.5 Å². The second kappa shape index (κ2) is 7.92. The molecule has 1 heterocycles. The molecule has 1 unspecified atom stereocenters. The Labute approximate surface area is 135 Å². The Morgan fingerprint density at radius 3 is 3.05 bits per heavy atom. The van der Waals surface area contributed by atoms with E-state index < -0.39 is 0 Å². The molecule has 2 amide bonds. The lowest BCUT2D eigenvalue weighted by Crippen LogP contribution is -2.35. The molecule has 1 aromatic rings. The summed E-state index contributed by atoms with van der Waals surface area (Å²) in [6.45, 7) is 2.27. The normalized spacial score (nSPS) is 17.8. The fraction of sp³-hybridized carbons (Fsp3) is 0.533. The van der Waals surface area contributed by atoms with Crippen LogP contribution in [-0.4, -0.2) is 44.0 Å². The Morgan fingerprint density at radius 2 is 2.38 bits per heavy atom. The molecular formula is C15H21ClN2O2S. The second-order valence-electron chi connectivity index (χ2n) is 5.28. The van der Waals surface area contributed by atoms with Crippen LogP contribution in [0.15, 0.2) is 18.2 Å². The van der Waals surface area contributed by atoms with E-state index in [0.29, 0.717) is 5.92 Å². The number of halogens is 1. The molecule has 1 aliphatic heterocycles. The molecule has 6 heteroatoms. The highest BCUT2D eigenvalue weighted by Crippen LogP contribution is 2.24. The van der Waals surface area contributed by atoms with Crippen LogP contribution in [0.25, 0.3) is 0 Å². The summed E-state index contributed by atoms with van der Waals surface area (Å²) in [6.07, 6.45) is 3.05. The first-order chi connectivity index (χ1) is 10.1. The average Bonchev–Trinajstić information content (AvgIpc) is 2.95. The summed E-state index contributed by atoms with van der Waals surface area (Å²) in [5.41, 5.74) is 1.82. The van der Waals surface area contributed by atoms with E-state index in [1.165, 1.54) is 0 Å². The van der Waals surface area contributed by atoms with Gasteiger partial charge in [-0.05, 0) is 36.4 Å². The minimum absolute atomic E-state index is 0.0978. The predicted octanol–water partition coefficient (Wildman–Crippen LogP) is 3.70. The Hall–Kier alpha value is -0.910. The van der Waals surface area contributed by atoms with Crippen molar-refractivity contribution in [1.82, 2.24) is 4.90 Å². The van der Waals surface area contributed by atoms with Crippen LogP contribution in [0.5, 0.6) is 0 Å². The third-order valence-electron chi connectivity index (χ3n) is 3.50. The van der Waals surface area contributed by atoms with Gasteiger partial charge >= 0.3 is 6.03 Å². The zero-order chi connectivity index (χ0) is 15.2. The van der Waals surface area contributed by atoms with Crippen molar-refractivity contribution in [2.75, 3.05) is 38.4 Å². The third kappa shape index (κ3) is 4.80. The number of benzene rings is 1. The average molecular weight is 329 g/mol. The zero-order valence-electron chi connectivity index (χ0n) is 12.4. The quantitative estimate of drug-likeness (QED) is 0.896. The number of nitrogens with one attached hydrogen (secondary N) is 1. The Morgan fingerprint density at radius 1 is 1.57 bits per heavy atom. The van der Waals surface area contributed by atoms with Gasteiger partial charge in [0, 0.05) is 42.6 Å². The van der Waals surface area contributed by atoms with Gasteiger partial charge in [-0.15, -0.1) is 0 Å². The number of anilines is 1. The van der Waals surface area contributed by atoms with Crippen LogP contribution in [-0.2, 0) is 10.5 Å². The fourth-order valence-corrected chi connectivity index (χ4v) is 3.15. The van der Waals surface area contributed by atoms with Crippen LogP contribution >= 0.6 is 23.4 Å². The summed E-state index contributed by atoms with van der Waals surface area (Å²) < 4.78 is 5.34. The van der Waals surface area contributed by atoms with Gasteiger partial charge in [0.05, 0.1) is 6.61 Å². The maximum Gasteiger partial charge on any atom is 0.321 e. The molecule has 1 atom stereocenters. The number of nitrogens with zero attached hydrogens (tertiary/aromatic N) is 1. The summed E-state index contributed by atoms with van der Waals surface area (Å²) >= 11 is 7.84. The van der Waals surface area contributed by atoms with Gasteiger partial charge in [-0.25, -0.2) is 4.79 Å². The molecule has 0 bridgehead atoms. The Balaban J connectivity index is 1.93. The topological polar surface area (TPSA) is 41.6 Å². The lowest BCUT2D eigenvalue weighted by molar-refractivity contribution is 0.175. The molecule has 116 valence electrons. The van der Waals surface area contributed by atoms with Gasteiger partial charge in [0.15, 0.2) is 0 Å². The van der Waals surface area contributed by atoms with Gasteiger partial charge < -0.3 is 15.0 Å². The summed E-state index contributed by atoms with van der Waals surface area (Å²) in [5.74, 6) is 1.27. The minimum Gasteiger partial charge on any atom is -0.381 e. The lowest BCUT2D eigenvalue weighted by atomic mass is 10.1. The standard InChI is InChI=1S/C15H21ClN2O2S/c1-18(8-11-5-6-20-9-11)15(19)17-13-3-4-14(16)12(7-13)10-21-2/h3-4,7,11H,5-6,8-10H2,1-2H3,(H,17,19). The largest absolute Gasteiger partial charge is 0.381 e. The van der Waals surface area contributed by atoms with Crippen LogP contribution in [0.2, 0.25) is 5.02 Å². The van der Waals surface area contributed by atoms with Crippen molar-refractivity contribution >= 4 is 35.1 Å². The second-order valence-corrected chi connectivity index (χ2v) is 6.55. The van der Waals surface area contributed by atoms with Gasteiger partial charge in [-0.1, -0.05) is 11.6 Å². The number of hydrogen-bond acceptors (Lipinski definition) is 3. The van der Waals surface area contributed by atoms with E-state index >= 15 is 0 Å². The monoisotopic (exact) mass is 328 g/mol. The molecule has 1 aromatic carbocycles. The van der Waals surface area contributed by atoms with Crippen molar-refractivity contribution in [3.63, 3.8) is 0 Å². The van der Waals surface area contributed by atoms with Crippen LogP contribution in [0, 0.1) is 5.92 Å². The molecule has 0 saturated carbocycles. The molecule has 0 aliphatic carbocycles. The van der Waals surface area contributed by atoms with E-state index in [0.717, 1.165) is 48.2 Å². The number of amides is 2. The molecule has 1 N–H and O–H groups in total. The van der Waals surface area contributed by atoms with Crippen molar-refractivity contribution in [1.29, 1.82) is 0 Å². The van der Waals surface area contributed by atoms with E-state index in [-0.39, 0.29) is 6.03 Å². The number of thioether (sulfide) groups is 1. The highest BCUT2D eigenvalue weighted by atomic mass is 35.5. The molecule has 21 heavy (non-hydrogen) atoms. The molecule has 0 radical (unpaired) electrons. The summed E-state index contributed by atoms with van der Waals surface area (Å²) in [5, 5.41) is 3.65. The van der Waals surface area contributed by atoms with Gasteiger partial charge in [0.1, 0.15) is 0 Å². The first-order valence-corrected chi connectivity index (χ1v) is 8.74. The van der Waals surface area contributed by atoms with Crippen molar-refractivity contribution < 1.29 is 9.53 Å². The van der Waals surface area contributed by atoms with Crippen molar-refractivity contribution in [2.24, 2.45) is 5.92 Å². The molecule has 1 aliphatic rings. The predicted molar refractivity (Wildman–Crippen MR) is 89.2 cm³/mol. The molecular weight excluding hydrogens is 308 g/mol. The van der Waals surface area contributed by atoms with Crippen molar-refractivity contribution in [3.05, 3.63) is 28.8 Å². The van der Waals surface area contributed by atoms with Crippen LogP contribution < -0.4 is 5.32 Å². The number of hydrogen-bond donors (Lipinski definition) is 1. The molecule has 2 rings (SSSR count). The van der Waals surface area contributed by atoms with E-state index in [9.17, 15) is 4.79 Å². The van der Waals surface area contributed by atoms with Gasteiger partial charge in [-0.2, -0.15) is 11.8 Å². The summed E-state index contributed by atoms with van der Waals surface area (Å²) in [4.78, 5) is 13.9. The maximum absolute atomic E-state index is 12.2. The number of rotatable bonds is 5. The number of ether oxygens (including phenoxy) is 1.